The molecule has 0 fully saturated rings. The fourth-order valence-corrected chi connectivity index (χ4v) is 3.50. The van der Waals surface area contributed by atoms with Crippen LogP contribution >= 0.6 is 23.1 Å². The maximum Gasteiger partial charge on any atom is 0.213 e. The number of rotatable bonds is 3. The lowest BCUT2D eigenvalue weighted by Crippen LogP contribution is -1.79. The zero-order valence-electron chi connectivity index (χ0n) is 11.4. The monoisotopic (exact) mass is 317 g/mol. The van der Waals surface area contributed by atoms with Gasteiger partial charge in [-0.1, -0.05) is 23.1 Å². The molecule has 3 heterocycles. The Bertz CT molecular complexity index is 907. The molecule has 0 aliphatic heterocycles. The minimum Gasteiger partial charge on any atom is -0.497 e. The lowest BCUT2D eigenvalue weighted by Gasteiger charge is -1.96. The number of fused-ring (bicyclic) bond motifs is 2. The van der Waals surface area contributed by atoms with Gasteiger partial charge in [-0.15, -0.1) is 5.10 Å². The smallest absolute Gasteiger partial charge is 0.213 e. The highest BCUT2D eigenvalue weighted by molar-refractivity contribution is 8.00. The Morgan fingerprint density at radius 2 is 2.24 bits per heavy atom. The summed E-state index contributed by atoms with van der Waals surface area (Å²) in [5, 5.41) is 5.43. The molecule has 0 aliphatic rings. The molecule has 0 unspecified atom stereocenters. The summed E-state index contributed by atoms with van der Waals surface area (Å²) in [5.74, 6) is 1.55. The molecule has 21 heavy (non-hydrogen) atoms. The first-order valence-corrected chi connectivity index (χ1v) is 8.29. The number of thioether (sulfide) groups is 1. The minimum absolute atomic E-state index is 0.738. The highest BCUT2D eigenvalue weighted by Crippen LogP contribution is 2.31. The number of hydrogen-bond donors (Lipinski definition) is 0. The van der Waals surface area contributed by atoms with Crippen molar-refractivity contribution in [1.82, 2.24) is 14.6 Å². The number of benzene rings is 1. The number of hydrogen-bond acceptors (Lipinski definition) is 6. The summed E-state index contributed by atoms with van der Waals surface area (Å²) in [4.78, 5) is 5.44. The van der Waals surface area contributed by atoms with Crippen molar-refractivity contribution in [3.63, 3.8) is 0 Å². The van der Waals surface area contributed by atoms with Crippen molar-refractivity contribution in [2.45, 2.75) is 4.34 Å². The van der Waals surface area contributed by atoms with Crippen LogP contribution in [0.2, 0.25) is 0 Å². The number of nitrogens with zero attached hydrogens (tertiary/aromatic N) is 3. The molecular weight excluding hydrogens is 306 g/mol. The first-order valence-electron chi connectivity index (χ1n) is 6.25. The maximum absolute atomic E-state index is 5.85. The molecule has 0 N–H and O–H groups in total. The number of aromatic nitrogens is 3. The van der Waals surface area contributed by atoms with E-state index < -0.39 is 0 Å². The fourth-order valence-electron chi connectivity index (χ4n) is 2.16. The van der Waals surface area contributed by atoms with Crippen LogP contribution in [-0.2, 0) is 0 Å². The highest BCUT2D eigenvalue weighted by atomic mass is 32.2. The third kappa shape index (κ3) is 2.09. The topological polar surface area (TPSA) is 52.6 Å². The Morgan fingerprint density at radius 3 is 3.00 bits per heavy atom. The highest BCUT2D eigenvalue weighted by Gasteiger charge is 2.13. The quantitative estimate of drug-likeness (QED) is 0.536. The largest absolute Gasteiger partial charge is 0.497 e. The molecule has 0 saturated heterocycles. The van der Waals surface area contributed by atoms with Crippen molar-refractivity contribution >= 4 is 39.0 Å². The number of furan rings is 1. The summed E-state index contributed by atoms with van der Waals surface area (Å²) in [6.07, 6.45) is 3.90. The van der Waals surface area contributed by atoms with E-state index >= 15 is 0 Å². The molecule has 5 nitrogen and oxygen atoms in total. The number of ether oxygens (including phenoxy) is 1. The van der Waals surface area contributed by atoms with Crippen molar-refractivity contribution < 1.29 is 9.15 Å². The summed E-state index contributed by atoms with van der Waals surface area (Å²) in [6, 6.07) is 7.71. The van der Waals surface area contributed by atoms with Gasteiger partial charge in [-0.05, 0) is 30.5 Å². The average Bonchev–Trinajstić information content (AvgIpc) is 3.17. The molecule has 0 atom stereocenters. The van der Waals surface area contributed by atoms with Gasteiger partial charge in [-0.25, -0.2) is 9.50 Å². The van der Waals surface area contributed by atoms with Gasteiger partial charge in [-0.3, -0.25) is 0 Å². The van der Waals surface area contributed by atoms with Gasteiger partial charge in [0.15, 0.2) is 10.1 Å². The van der Waals surface area contributed by atoms with E-state index in [1.54, 1.807) is 34.7 Å². The van der Waals surface area contributed by atoms with Gasteiger partial charge in [0, 0.05) is 5.39 Å². The average molecular weight is 317 g/mol. The Morgan fingerprint density at radius 1 is 1.33 bits per heavy atom. The number of methoxy groups -OCH3 is 1. The first-order chi connectivity index (χ1) is 10.3. The van der Waals surface area contributed by atoms with Crippen molar-refractivity contribution in [2.24, 2.45) is 0 Å². The Balaban J connectivity index is 1.81. The van der Waals surface area contributed by atoms with E-state index in [4.69, 9.17) is 9.15 Å². The Labute approximate surface area is 128 Å². The molecule has 0 amide bonds. The van der Waals surface area contributed by atoms with Crippen LogP contribution in [0, 0.1) is 0 Å². The standard InChI is InChI=1S/C14H11N3O2S2/c1-18-9-3-4-11-8(5-9)6-12(19-11)10-7-17-13(15-10)21-14(16-17)20-2/h3-7H,1-2H3. The normalized spacial score (nSPS) is 11.5. The third-order valence-electron chi connectivity index (χ3n) is 3.18. The van der Waals surface area contributed by atoms with Crippen molar-refractivity contribution in [3.8, 4) is 17.2 Å². The number of imidazole rings is 1. The van der Waals surface area contributed by atoms with Crippen molar-refractivity contribution in [3.05, 3.63) is 30.5 Å². The predicted octanol–water partition coefficient (Wildman–Crippen LogP) is 3.93. The van der Waals surface area contributed by atoms with Crippen molar-refractivity contribution in [2.75, 3.05) is 13.4 Å². The molecule has 4 aromatic rings. The van der Waals surface area contributed by atoms with Gasteiger partial charge in [-0.2, -0.15) is 0 Å². The zero-order chi connectivity index (χ0) is 14.4. The molecule has 7 heteroatoms. The van der Waals surface area contributed by atoms with Crippen LogP contribution in [-0.4, -0.2) is 28.0 Å². The molecule has 4 rings (SSSR count). The molecule has 106 valence electrons. The third-order valence-corrected chi connectivity index (χ3v) is 5.07. The fraction of sp³-hybridized carbons (Fsp3) is 0.143. The summed E-state index contributed by atoms with van der Waals surface area (Å²) < 4.78 is 13.9. The van der Waals surface area contributed by atoms with Crippen LogP contribution in [0.25, 0.3) is 27.4 Å². The van der Waals surface area contributed by atoms with Gasteiger partial charge in [0.2, 0.25) is 4.96 Å². The minimum atomic E-state index is 0.738. The maximum atomic E-state index is 5.85. The van der Waals surface area contributed by atoms with E-state index in [9.17, 15) is 0 Å². The summed E-state index contributed by atoms with van der Waals surface area (Å²) in [7, 11) is 1.65. The van der Waals surface area contributed by atoms with E-state index in [0.717, 1.165) is 37.5 Å². The summed E-state index contributed by atoms with van der Waals surface area (Å²) in [5.41, 5.74) is 1.61. The van der Waals surface area contributed by atoms with E-state index in [0.29, 0.717) is 0 Å². The molecule has 0 radical (unpaired) electrons. The van der Waals surface area contributed by atoms with Crippen molar-refractivity contribution in [1.29, 1.82) is 0 Å². The second kappa shape index (κ2) is 4.78. The Hall–Kier alpha value is -1.99. The van der Waals surface area contributed by atoms with Gasteiger partial charge >= 0.3 is 0 Å². The molecule has 0 spiro atoms. The van der Waals surface area contributed by atoms with Gasteiger partial charge in [0.05, 0.1) is 13.3 Å². The zero-order valence-corrected chi connectivity index (χ0v) is 13.0. The van der Waals surface area contributed by atoms with E-state index in [1.165, 1.54) is 0 Å². The van der Waals surface area contributed by atoms with Gasteiger partial charge < -0.3 is 9.15 Å². The SMILES string of the molecule is COc1ccc2oc(-c3cn4nc(SC)sc4n3)cc2c1. The van der Waals surface area contributed by atoms with Crippen LogP contribution in [0.5, 0.6) is 5.75 Å². The van der Waals surface area contributed by atoms with Gasteiger partial charge in [0.1, 0.15) is 17.0 Å². The molecule has 3 aromatic heterocycles. The molecule has 0 saturated carbocycles. The molecule has 0 aliphatic carbocycles. The molecular formula is C14H11N3O2S2. The summed E-state index contributed by atoms with van der Waals surface area (Å²) >= 11 is 3.19. The second-order valence-corrected chi connectivity index (χ2v) is 6.45. The summed E-state index contributed by atoms with van der Waals surface area (Å²) in [6.45, 7) is 0. The van der Waals surface area contributed by atoms with E-state index in [1.807, 2.05) is 36.7 Å². The molecule has 0 bridgehead atoms. The van der Waals surface area contributed by atoms with E-state index in [2.05, 4.69) is 10.1 Å². The van der Waals surface area contributed by atoms with Crippen LogP contribution in [0.1, 0.15) is 0 Å². The second-order valence-electron chi connectivity index (χ2n) is 4.44. The first kappa shape index (κ1) is 12.7. The van der Waals surface area contributed by atoms with E-state index in [-0.39, 0.29) is 0 Å². The lowest BCUT2D eigenvalue weighted by molar-refractivity contribution is 0.415. The Kier molecular flexibility index (Phi) is 2.90. The predicted molar refractivity (Wildman–Crippen MR) is 84.4 cm³/mol. The van der Waals surface area contributed by atoms with Crippen LogP contribution in [0.4, 0.5) is 0 Å². The van der Waals surface area contributed by atoms with Crippen LogP contribution < -0.4 is 4.74 Å². The van der Waals surface area contributed by atoms with Crippen LogP contribution in [0.15, 0.2) is 39.2 Å². The van der Waals surface area contributed by atoms with Gasteiger partial charge in [0.25, 0.3) is 0 Å². The molecule has 1 aromatic carbocycles. The van der Waals surface area contributed by atoms with Crippen LogP contribution in [0.3, 0.4) is 0 Å². The lowest BCUT2D eigenvalue weighted by atomic mass is 10.2.